The molecule has 0 heterocycles. The van der Waals surface area contributed by atoms with Gasteiger partial charge in [0, 0.05) is 12.2 Å². The lowest BCUT2D eigenvalue weighted by molar-refractivity contribution is -0.128. The molecular formula is C24H36F3NO. The molecule has 0 saturated heterocycles. The van der Waals surface area contributed by atoms with Gasteiger partial charge in [0.05, 0.1) is 5.60 Å². The van der Waals surface area contributed by atoms with E-state index in [1.54, 1.807) is 12.1 Å². The van der Waals surface area contributed by atoms with Crippen LogP contribution in [0.5, 0.6) is 0 Å². The van der Waals surface area contributed by atoms with Crippen molar-refractivity contribution in [3.8, 4) is 0 Å². The zero-order valence-corrected chi connectivity index (χ0v) is 17.8. The Morgan fingerprint density at radius 3 is 1.97 bits per heavy atom. The summed E-state index contributed by atoms with van der Waals surface area (Å²) in [4.78, 5) is 0.423. The Morgan fingerprint density at radius 2 is 1.48 bits per heavy atom. The molecule has 1 N–H and O–H groups in total. The number of anilines is 1. The van der Waals surface area contributed by atoms with Gasteiger partial charge in [0.25, 0.3) is 0 Å². The fourth-order valence-corrected chi connectivity index (χ4v) is 5.69. The van der Waals surface area contributed by atoms with Crippen molar-refractivity contribution in [3.05, 3.63) is 29.8 Å². The molecule has 0 unspecified atom stereocenters. The second-order valence-electron chi connectivity index (χ2n) is 9.20. The summed E-state index contributed by atoms with van der Waals surface area (Å²) in [6.07, 6.45) is 7.07. The first-order valence-corrected chi connectivity index (χ1v) is 11.4. The van der Waals surface area contributed by atoms with Gasteiger partial charge < -0.3 is 5.11 Å². The van der Waals surface area contributed by atoms with Crippen LogP contribution in [0.2, 0.25) is 0 Å². The van der Waals surface area contributed by atoms with Crippen LogP contribution in [0.25, 0.3) is 0 Å². The highest BCUT2D eigenvalue weighted by molar-refractivity contribution is 5.49. The lowest BCUT2D eigenvalue weighted by atomic mass is 9.66. The predicted octanol–water partition coefficient (Wildman–Crippen LogP) is 7.02. The summed E-state index contributed by atoms with van der Waals surface area (Å²) in [6.45, 7) is 3.63. The van der Waals surface area contributed by atoms with Gasteiger partial charge in [-0.05, 0) is 80.9 Å². The first-order valence-electron chi connectivity index (χ1n) is 11.4. The molecule has 1 aromatic carbocycles. The zero-order chi connectivity index (χ0) is 21.1. The van der Waals surface area contributed by atoms with Gasteiger partial charge in [-0.2, -0.15) is 13.2 Å². The van der Waals surface area contributed by atoms with Crippen LogP contribution in [-0.4, -0.2) is 18.0 Å². The lowest BCUT2D eigenvalue weighted by Gasteiger charge is -2.41. The first-order chi connectivity index (χ1) is 13.8. The number of aliphatic hydroxyl groups is 1. The van der Waals surface area contributed by atoms with Crippen LogP contribution in [0.4, 0.5) is 18.9 Å². The molecule has 0 atom stereocenters. The predicted molar refractivity (Wildman–Crippen MR) is 112 cm³/mol. The van der Waals surface area contributed by atoms with Crippen molar-refractivity contribution in [2.45, 2.75) is 90.0 Å². The Labute approximate surface area is 173 Å². The molecule has 2 saturated carbocycles. The lowest BCUT2D eigenvalue weighted by Crippen LogP contribution is -2.38. The number of benzene rings is 1. The van der Waals surface area contributed by atoms with E-state index < -0.39 is 11.9 Å². The highest BCUT2D eigenvalue weighted by Gasteiger charge is 2.39. The number of nitrogens with zero attached hydrogens (tertiary/aromatic N) is 1. The Morgan fingerprint density at radius 1 is 0.931 bits per heavy atom. The third-order valence-corrected chi connectivity index (χ3v) is 7.45. The van der Waals surface area contributed by atoms with Crippen molar-refractivity contribution in [2.75, 3.05) is 11.4 Å². The molecule has 5 heteroatoms. The molecule has 2 aliphatic rings. The van der Waals surface area contributed by atoms with Crippen LogP contribution in [0.3, 0.4) is 0 Å². The molecule has 0 radical (unpaired) electrons. The number of halogens is 3. The summed E-state index contributed by atoms with van der Waals surface area (Å²) in [5.41, 5.74) is -0.0153. The Balaban J connectivity index is 1.58. The van der Waals surface area contributed by atoms with Crippen LogP contribution in [-0.2, 0) is 5.60 Å². The second kappa shape index (κ2) is 9.28. The largest absolute Gasteiger partial charge is 0.484 e. The third kappa shape index (κ3) is 5.28. The van der Waals surface area contributed by atoms with Crippen molar-refractivity contribution in [1.29, 1.82) is 0 Å². The molecule has 0 aliphatic heterocycles. The first kappa shape index (κ1) is 22.5. The second-order valence-corrected chi connectivity index (χ2v) is 9.20. The summed E-state index contributed by atoms with van der Waals surface area (Å²) in [7, 11) is 0. The molecular weight excluding hydrogens is 375 g/mol. The summed E-state index contributed by atoms with van der Waals surface area (Å²) >= 11 is 0. The fraction of sp³-hybridized carbons (Fsp3) is 0.750. The van der Waals surface area contributed by atoms with Gasteiger partial charge in [0.15, 0.2) is 0 Å². The van der Waals surface area contributed by atoms with Crippen molar-refractivity contribution >= 4 is 5.69 Å². The number of rotatable bonds is 6. The van der Waals surface area contributed by atoms with Gasteiger partial charge in [-0.25, -0.2) is 0 Å². The minimum Gasteiger partial charge on any atom is -0.385 e. The standard InChI is InChI=1S/C24H36F3NO/c1-3-5-18-6-8-19(9-7-18)20-14-16-23(29,17-15-20)21-10-12-22(13-11-21)28(4-2)24(25,26)27/h10-13,18-20,29H,3-9,14-17H2,1-2H3. The van der Waals surface area contributed by atoms with Gasteiger partial charge >= 0.3 is 6.30 Å². The summed E-state index contributed by atoms with van der Waals surface area (Å²) in [5.74, 6) is 2.40. The molecule has 29 heavy (non-hydrogen) atoms. The Hall–Kier alpha value is -1.23. The van der Waals surface area contributed by atoms with Crippen molar-refractivity contribution < 1.29 is 18.3 Å². The molecule has 164 valence electrons. The van der Waals surface area contributed by atoms with E-state index in [4.69, 9.17) is 0 Å². The van der Waals surface area contributed by atoms with E-state index in [-0.39, 0.29) is 12.2 Å². The maximum Gasteiger partial charge on any atom is 0.484 e. The van der Waals surface area contributed by atoms with Gasteiger partial charge in [-0.15, -0.1) is 0 Å². The molecule has 3 rings (SSSR count). The molecule has 0 amide bonds. The molecule has 0 bridgehead atoms. The minimum atomic E-state index is -4.39. The van der Waals surface area contributed by atoms with Crippen LogP contribution < -0.4 is 4.90 Å². The zero-order valence-electron chi connectivity index (χ0n) is 17.8. The average molecular weight is 412 g/mol. The number of hydrogen-bond acceptors (Lipinski definition) is 2. The van der Waals surface area contributed by atoms with Gasteiger partial charge in [0.2, 0.25) is 0 Å². The number of alkyl halides is 3. The smallest absolute Gasteiger partial charge is 0.385 e. The van der Waals surface area contributed by atoms with E-state index in [2.05, 4.69) is 6.92 Å². The summed E-state index contributed by atoms with van der Waals surface area (Å²) in [6, 6.07) is 6.34. The molecule has 0 aromatic heterocycles. The quantitative estimate of drug-likeness (QED) is 0.509. The van der Waals surface area contributed by atoms with Gasteiger partial charge in [0.1, 0.15) is 0 Å². The van der Waals surface area contributed by atoms with E-state index in [1.807, 2.05) is 0 Å². The van der Waals surface area contributed by atoms with Crippen LogP contribution >= 0.6 is 0 Å². The molecule has 2 aliphatic carbocycles. The third-order valence-electron chi connectivity index (χ3n) is 7.45. The molecule has 2 nitrogen and oxygen atoms in total. The van der Waals surface area contributed by atoms with Crippen LogP contribution in [0.1, 0.15) is 83.6 Å². The number of hydrogen-bond donors (Lipinski definition) is 1. The van der Waals surface area contributed by atoms with Crippen molar-refractivity contribution in [2.24, 2.45) is 17.8 Å². The van der Waals surface area contributed by atoms with Crippen LogP contribution in [0.15, 0.2) is 24.3 Å². The van der Waals surface area contributed by atoms with Gasteiger partial charge in [-0.1, -0.05) is 44.7 Å². The molecule has 0 spiro atoms. The molecule has 1 aromatic rings. The summed E-state index contributed by atoms with van der Waals surface area (Å²) < 4.78 is 39.3. The average Bonchev–Trinajstić information content (AvgIpc) is 2.69. The summed E-state index contributed by atoms with van der Waals surface area (Å²) in [5, 5.41) is 11.2. The topological polar surface area (TPSA) is 23.5 Å². The SMILES string of the molecule is CCCC1CCC(C2CCC(O)(c3ccc(N(CC)C(F)(F)F)cc3)CC2)CC1. The van der Waals surface area contributed by atoms with Gasteiger partial charge in [-0.3, -0.25) is 4.90 Å². The van der Waals surface area contributed by atoms with Crippen molar-refractivity contribution in [3.63, 3.8) is 0 Å². The van der Waals surface area contributed by atoms with E-state index in [9.17, 15) is 18.3 Å². The van der Waals surface area contributed by atoms with E-state index >= 15 is 0 Å². The van der Waals surface area contributed by atoms with Crippen molar-refractivity contribution in [1.82, 2.24) is 0 Å². The molecule has 2 fully saturated rings. The van der Waals surface area contributed by atoms with E-state index in [0.717, 1.165) is 30.2 Å². The van der Waals surface area contributed by atoms with E-state index in [1.165, 1.54) is 57.6 Å². The maximum atomic E-state index is 13.1. The maximum absolute atomic E-state index is 13.1. The highest BCUT2D eigenvalue weighted by Crippen LogP contribution is 2.46. The van der Waals surface area contributed by atoms with Crippen LogP contribution in [0, 0.1) is 17.8 Å². The Kier molecular flexibility index (Phi) is 7.19. The highest BCUT2D eigenvalue weighted by atomic mass is 19.4. The van der Waals surface area contributed by atoms with E-state index in [0.29, 0.717) is 23.7 Å². The Bertz CT molecular complexity index is 627. The monoisotopic (exact) mass is 411 g/mol. The fourth-order valence-electron chi connectivity index (χ4n) is 5.69. The minimum absolute atomic E-state index is 0.130. The normalized spacial score (nSPS) is 30.9.